The third-order valence-corrected chi connectivity index (χ3v) is 6.23. The third-order valence-electron chi connectivity index (χ3n) is 4.47. The molecule has 0 bridgehead atoms. The fourth-order valence-corrected chi connectivity index (χ4v) is 4.64. The number of sulfone groups is 1. The van der Waals surface area contributed by atoms with Crippen LogP contribution in [0.15, 0.2) is 0 Å². The van der Waals surface area contributed by atoms with Crippen molar-refractivity contribution in [1.82, 2.24) is 15.5 Å². The molecular weight excluding hydrogens is 334 g/mol. The molecule has 0 aromatic carbocycles. The van der Waals surface area contributed by atoms with E-state index in [1.54, 1.807) is 6.92 Å². The second-order valence-electron chi connectivity index (χ2n) is 7.25. The lowest BCUT2D eigenvalue weighted by atomic mass is 9.92. The molecule has 0 aliphatic carbocycles. The molecule has 24 heavy (non-hydrogen) atoms. The van der Waals surface area contributed by atoms with Gasteiger partial charge in [-0.15, -0.1) is 0 Å². The highest BCUT2D eigenvalue weighted by Crippen LogP contribution is 2.24. The number of rotatable bonds is 6. The maximum atomic E-state index is 12.5. The van der Waals surface area contributed by atoms with Gasteiger partial charge < -0.3 is 10.6 Å². The van der Waals surface area contributed by atoms with Crippen LogP contribution in [0.2, 0.25) is 0 Å². The zero-order valence-electron chi connectivity index (χ0n) is 14.3. The highest BCUT2D eigenvalue weighted by Gasteiger charge is 2.48. The Kier molecular flexibility index (Phi) is 5.22. The molecule has 2 N–H and O–H groups in total. The van der Waals surface area contributed by atoms with Crippen molar-refractivity contribution in [2.24, 2.45) is 5.92 Å². The molecule has 0 unspecified atom stereocenters. The number of hydrogen-bond acceptors (Lipinski definition) is 5. The van der Waals surface area contributed by atoms with Crippen molar-refractivity contribution in [3.8, 4) is 0 Å². The molecule has 0 aromatic heterocycles. The molecule has 9 heteroatoms. The Labute approximate surface area is 142 Å². The normalized spacial score (nSPS) is 29.2. The topological polar surface area (TPSA) is 113 Å². The standard InChI is InChI=1S/C15H25N3O5S/c1-10(2)4-6-15(3)13(20)18(14(21)17-15)8-12(19)16-11-5-7-24(22,23)9-11/h10-11H,4-9H2,1-3H3,(H,16,19)(H,17,21)/t11-,15-/m1/s1. The van der Waals surface area contributed by atoms with Gasteiger partial charge in [0.2, 0.25) is 5.91 Å². The number of nitrogens with one attached hydrogen (secondary N) is 2. The highest BCUT2D eigenvalue weighted by atomic mass is 32.2. The van der Waals surface area contributed by atoms with E-state index >= 15 is 0 Å². The largest absolute Gasteiger partial charge is 0.351 e. The van der Waals surface area contributed by atoms with Gasteiger partial charge in [0.05, 0.1) is 11.5 Å². The predicted molar refractivity (Wildman–Crippen MR) is 87.9 cm³/mol. The summed E-state index contributed by atoms with van der Waals surface area (Å²) in [6, 6.07) is -1.03. The molecule has 0 saturated carbocycles. The molecule has 2 atom stereocenters. The summed E-state index contributed by atoms with van der Waals surface area (Å²) < 4.78 is 22.8. The van der Waals surface area contributed by atoms with Crippen LogP contribution in [0.25, 0.3) is 0 Å². The van der Waals surface area contributed by atoms with Gasteiger partial charge in [-0.2, -0.15) is 0 Å². The summed E-state index contributed by atoms with van der Waals surface area (Å²) in [6.07, 6.45) is 1.65. The zero-order valence-corrected chi connectivity index (χ0v) is 15.1. The Morgan fingerprint density at radius 3 is 2.62 bits per heavy atom. The van der Waals surface area contributed by atoms with E-state index in [2.05, 4.69) is 10.6 Å². The smallest absolute Gasteiger partial charge is 0.325 e. The van der Waals surface area contributed by atoms with Crippen LogP contribution in [0.4, 0.5) is 4.79 Å². The van der Waals surface area contributed by atoms with Gasteiger partial charge in [-0.3, -0.25) is 14.5 Å². The Bertz CT molecular complexity index is 645. The SMILES string of the molecule is CC(C)CC[C@@]1(C)NC(=O)N(CC(=O)N[C@@H]2CCS(=O)(=O)C2)C1=O. The zero-order chi connectivity index (χ0) is 18.1. The van der Waals surface area contributed by atoms with Crippen LogP contribution >= 0.6 is 0 Å². The van der Waals surface area contributed by atoms with Gasteiger partial charge in [-0.05, 0) is 32.1 Å². The first-order valence-corrected chi connectivity index (χ1v) is 9.98. The number of imide groups is 1. The first kappa shape index (κ1) is 18.7. The lowest BCUT2D eigenvalue weighted by Gasteiger charge is -2.22. The van der Waals surface area contributed by atoms with Crippen LogP contribution in [-0.2, 0) is 19.4 Å². The minimum atomic E-state index is -3.10. The summed E-state index contributed by atoms with van der Waals surface area (Å²) in [5.74, 6) is -0.580. The molecular formula is C15H25N3O5S. The molecule has 0 radical (unpaired) electrons. The third kappa shape index (κ3) is 4.25. The van der Waals surface area contributed by atoms with Crippen LogP contribution in [0, 0.1) is 5.92 Å². The van der Waals surface area contributed by atoms with Crippen molar-refractivity contribution < 1.29 is 22.8 Å². The molecule has 8 nitrogen and oxygen atoms in total. The summed E-state index contributed by atoms with van der Waals surface area (Å²) in [6.45, 7) is 5.34. The van der Waals surface area contributed by atoms with Crippen molar-refractivity contribution in [3.63, 3.8) is 0 Å². The van der Waals surface area contributed by atoms with E-state index in [-0.39, 0.29) is 11.5 Å². The Morgan fingerprint density at radius 2 is 2.08 bits per heavy atom. The highest BCUT2D eigenvalue weighted by molar-refractivity contribution is 7.91. The molecule has 4 amide bonds. The molecule has 2 fully saturated rings. The van der Waals surface area contributed by atoms with E-state index < -0.39 is 45.8 Å². The molecule has 2 saturated heterocycles. The minimum Gasteiger partial charge on any atom is -0.351 e. The van der Waals surface area contributed by atoms with Gasteiger partial charge in [-0.25, -0.2) is 13.2 Å². The van der Waals surface area contributed by atoms with Crippen LogP contribution in [0.5, 0.6) is 0 Å². The second kappa shape index (κ2) is 6.70. The summed E-state index contributed by atoms with van der Waals surface area (Å²) in [7, 11) is -3.10. The van der Waals surface area contributed by atoms with Gasteiger partial charge in [0.15, 0.2) is 9.84 Å². The number of carbonyl (C=O) groups excluding carboxylic acids is 3. The van der Waals surface area contributed by atoms with E-state index in [0.717, 1.165) is 11.3 Å². The fourth-order valence-electron chi connectivity index (χ4n) is 2.96. The minimum absolute atomic E-state index is 0.0500. The van der Waals surface area contributed by atoms with Crippen molar-refractivity contribution in [1.29, 1.82) is 0 Å². The Hall–Kier alpha value is -1.64. The summed E-state index contributed by atoms with van der Waals surface area (Å²) in [5.41, 5.74) is -0.988. The number of carbonyl (C=O) groups is 3. The lowest BCUT2D eigenvalue weighted by molar-refractivity contribution is -0.135. The Morgan fingerprint density at radius 1 is 1.42 bits per heavy atom. The van der Waals surface area contributed by atoms with Gasteiger partial charge in [0.25, 0.3) is 5.91 Å². The summed E-state index contributed by atoms with van der Waals surface area (Å²) in [5, 5.41) is 5.25. The van der Waals surface area contributed by atoms with Crippen molar-refractivity contribution >= 4 is 27.7 Å². The van der Waals surface area contributed by atoms with Crippen LogP contribution in [0.1, 0.15) is 40.0 Å². The second-order valence-corrected chi connectivity index (χ2v) is 9.48. The van der Waals surface area contributed by atoms with Gasteiger partial charge in [0, 0.05) is 6.04 Å². The fraction of sp³-hybridized carbons (Fsp3) is 0.800. The number of hydrogen-bond donors (Lipinski definition) is 2. The van der Waals surface area contributed by atoms with E-state index in [9.17, 15) is 22.8 Å². The Balaban J connectivity index is 1.93. The molecule has 2 aliphatic rings. The maximum Gasteiger partial charge on any atom is 0.325 e. The van der Waals surface area contributed by atoms with E-state index in [0.29, 0.717) is 18.8 Å². The first-order valence-electron chi connectivity index (χ1n) is 8.16. The van der Waals surface area contributed by atoms with Gasteiger partial charge >= 0.3 is 6.03 Å². The quantitative estimate of drug-likeness (QED) is 0.650. The average Bonchev–Trinajstić information content (AvgIpc) is 2.89. The molecule has 2 aliphatic heterocycles. The number of amides is 4. The molecule has 0 spiro atoms. The monoisotopic (exact) mass is 359 g/mol. The summed E-state index contributed by atoms with van der Waals surface area (Å²) in [4.78, 5) is 37.5. The summed E-state index contributed by atoms with van der Waals surface area (Å²) >= 11 is 0. The van der Waals surface area contributed by atoms with Gasteiger partial charge in [0.1, 0.15) is 12.1 Å². The molecule has 0 aromatic rings. The van der Waals surface area contributed by atoms with E-state index in [4.69, 9.17) is 0 Å². The number of urea groups is 1. The predicted octanol–water partition coefficient (Wildman–Crippen LogP) is 0.0364. The van der Waals surface area contributed by atoms with Crippen molar-refractivity contribution in [2.45, 2.75) is 51.6 Å². The average molecular weight is 359 g/mol. The number of nitrogens with zero attached hydrogens (tertiary/aromatic N) is 1. The van der Waals surface area contributed by atoms with Crippen LogP contribution in [-0.4, -0.2) is 60.8 Å². The molecule has 2 rings (SSSR count). The van der Waals surface area contributed by atoms with Crippen molar-refractivity contribution in [2.75, 3.05) is 18.1 Å². The van der Waals surface area contributed by atoms with Crippen LogP contribution in [0.3, 0.4) is 0 Å². The van der Waals surface area contributed by atoms with Crippen LogP contribution < -0.4 is 10.6 Å². The van der Waals surface area contributed by atoms with Crippen molar-refractivity contribution in [3.05, 3.63) is 0 Å². The van der Waals surface area contributed by atoms with E-state index in [1.807, 2.05) is 13.8 Å². The maximum absolute atomic E-state index is 12.5. The molecule has 136 valence electrons. The molecule has 2 heterocycles. The first-order chi connectivity index (χ1) is 11.0. The lowest BCUT2D eigenvalue weighted by Crippen LogP contribution is -2.46. The van der Waals surface area contributed by atoms with E-state index in [1.165, 1.54) is 0 Å². The van der Waals surface area contributed by atoms with Gasteiger partial charge in [-0.1, -0.05) is 13.8 Å².